The summed E-state index contributed by atoms with van der Waals surface area (Å²) < 4.78 is 11.8. The predicted octanol–water partition coefficient (Wildman–Crippen LogP) is 4.37. The molecule has 0 spiro atoms. The molecule has 1 aromatic carbocycles. The molecule has 2 aliphatic rings. The molecule has 6 heteroatoms. The second-order valence-corrected chi connectivity index (χ2v) is 7.63. The second kappa shape index (κ2) is 6.67. The van der Waals surface area contributed by atoms with Gasteiger partial charge in [-0.1, -0.05) is 18.6 Å². The number of aromatic nitrogens is 2. The fourth-order valence-corrected chi connectivity index (χ4v) is 4.55. The van der Waals surface area contributed by atoms with Gasteiger partial charge in [0.1, 0.15) is 0 Å². The zero-order valence-electron chi connectivity index (χ0n) is 13.3. The first-order valence-electron chi connectivity index (χ1n) is 8.42. The smallest absolute Gasteiger partial charge is 0.306 e. The molecule has 0 radical (unpaired) electrons. The average Bonchev–Trinajstić information content (AvgIpc) is 3.30. The molecule has 5 nitrogen and oxygen atoms in total. The minimum atomic E-state index is -0.159. The van der Waals surface area contributed by atoms with Crippen LogP contribution in [0.2, 0.25) is 0 Å². The Bertz CT molecular complexity index is 745. The van der Waals surface area contributed by atoms with E-state index in [4.69, 9.17) is 9.15 Å². The predicted molar refractivity (Wildman–Crippen MR) is 90.8 cm³/mol. The van der Waals surface area contributed by atoms with Gasteiger partial charge in [0.25, 0.3) is 5.89 Å². The van der Waals surface area contributed by atoms with Crippen molar-refractivity contribution in [1.29, 1.82) is 0 Å². The van der Waals surface area contributed by atoms with Gasteiger partial charge in [-0.25, -0.2) is 0 Å². The molecule has 0 amide bonds. The molecule has 0 saturated heterocycles. The van der Waals surface area contributed by atoms with Crippen molar-refractivity contribution >= 4 is 21.9 Å². The molecule has 0 unspecified atom stereocenters. The first-order valence-corrected chi connectivity index (χ1v) is 9.21. The summed E-state index contributed by atoms with van der Waals surface area (Å²) in [6.45, 7) is 0.0388. The van der Waals surface area contributed by atoms with Gasteiger partial charge >= 0.3 is 5.97 Å². The van der Waals surface area contributed by atoms with Crippen LogP contribution in [0.4, 0.5) is 0 Å². The van der Waals surface area contributed by atoms with Crippen molar-refractivity contribution in [3.05, 3.63) is 34.6 Å². The number of hydrogen-bond acceptors (Lipinski definition) is 5. The maximum atomic E-state index is 12.1. The number of benzene rings is 1. The number of hydrogen-bond donors (Lipinski definition) is 0. The highest BCUT2D eigenvalue weighted by molar-refractivity contribution is 9.10. The molecule has 2 bridgehead atoms. The summed E-state index contributed by atoms with van der Waals surface area (Å²) in [5.74, 6) is 2.66. The number of ether oxygens (including phenoxy) is 1. The highest BCUT2D eigenvalue weighted by Crippen LogP contribution is 2.49. The van der Waals surface area contributed by atoms with Crippen LogP contribution in [0.25, 0.3) is 11.5 Å². The van der Waals surface area contributed by atoms with Crippen LogP contribution >= 0.6 is 15.9 Å². The molecule has 2 fully saturated rings. The third-order valence-corrected chi connectivity index (χ3v) is 5.93. The lowest BCUT2D eigenvalue weighted by molar-refractivity contribution is -0.147. The van der Waals surface area contributed by atoms with Gasteiger partial charge in [0, 0.05) is 10.9 Å². The van der Waals surface area contributed by atoms with Crippen molar-refractivity contribution in [2.45, 2.75) is 38.7 Å². The largest absolute Gasteiger partial charge is 0.456 e. The summed E-state index contributed by atoms with van der Waals surface area (Å²) >= 11 is 3.46. The monoisotopic (exact) mass is 390 g/mol. The Hall–Kier alpha value is -1.69. The fourth-order valence-electron chi connectivity index (χ4n) is 4.10. The van der Waals surface area contributed by atoms with E-state index in [1.165, 1.54) is 25.7 Å². The first kappa shape index (κ1) is 15.8. The third-order valence-electron chi connectivity index (χ3n) is 5.24. The van der Waals surface area contributed by atoms with Crippen LogP contribution in [-0.4, -0.2) is 16.2 Å². The lowest BCUT2D eigenvalue weighted by atomic mass is 9.86. The second-order valence-electron chi connectivity index (χ2n) is 6.78. The van der Waals surface area contributed by atoms with Gasteiger partial charge in [-0.15, -0.1) is 10.2 Å². The van der Waals surface area contributed by atoms with Crippen LogP contribution in [0, 0.1) is 17.8 Å². The van der Waals surface area contributed by atoms with Gasteiger partial charge in [-0.05, 0) is 65.1 Å². The summed E-state index contributed by atoms with van der Waals surface area (Å²) in [4.78, 5) is 12.1. The summed E-state index contributed by atoms with van der Waals surface area (Å²) in [6, 6.07) is 7.62. The average molecular weight is 391 g/mol. The molecule has 2 aromatic rings. The number of fused-ring (bicyclic) bond motifs is 2. The Balaban J connectivity index is 1.32. The van der Waals surface area contributed by atoms with Crippen molar-refractivity contribution in [2.75, 3.05) is 0 Å². The van der Waals surface area contributed by atoms with Crippen LogP contribution in [0.5, 0.6) is 0 Å². The molecular formula is C18H19BrN2O3. The molecule has 126 valence electrons. The number of nitrogens with zero attached hydrogens (tertiary/aromatic N) is 2. The molecule has 0 N–H and O–H groups in total. The zero-order valence-corrected chi connectivity index (χ0v) is 14.9. The Morgan fingerprint density at radius 1 is 1.25 bits per heavy atom. The summed E-state index contributed by atoms with van der Waals surface area (Å²) in [6.07, 6.45) is 5.63. The number of halogens is 1. The van der Waals surface area contributed by atoms with Crippen molar-refractivity contribution in [1.82, 2.24) is 10.2 Å². The minimum absolute atomic E-state index is 0.0388. The van der Waals surface area contributed by atoms with Gasteiger partial charge in [-0.3, -0.25) is 4.79 Å². The third kappa shape index (κ3) is 3.24. The van der Waals surface area contributed by atoms with Crippen LogP contribution in [0.1, 0.15) is 38.0 Å². The Kier molecular flexibility index (Phi) is 4.39. The van der Waals surface area contributed by atoms with Gasteiger partial charge in [-0.2, -0.15) is 0 Å². The number of carbonyl (C=O) groups excluding carboxylic acids is 1. The normalized spacial score (nSPS) is 25.1. The molecule has 1 aromatic heterocycles. The van der Waals surface area contributed by atoms with Gasteiger partial charge in [0.05, 0.1) is 5.56 Å². The van der Waals surface area contributed by atoms with Crippen LogP contribution in [-0.2, 0) is 16.1 Å². The quantitative estimate of drug-likeness (QED) is 0.709. The van der Waals surface area contributed by atoms with E-state index in [9.17, 15) is 4.79 Å². The summed E-state index contributed by atoms with van der Waals surface area (Å²) in [5.41, 5.74) is 0.824. The molecule has 0 aliphatic heterocycles. The number of carbonyl (C=O) groups is 1. The first-order chi connectivity index (χ1) is 11.7. The molecular weight excluding hydrogens is 372 g/mol. The van der Waals surface area contributed by atoms with E-state index in [1.54, 1.807) is 0 Å². The van der Waals surface area contributed by atoms with E-state index < -0.39 is 0 Å². The van der Waals surface area contributed by atoms with E-state index >= 15 is 0 Å². The Labute approximate surface area is 148 Å². The molecule has 4 rings (SSSR count). The lowest BCUT2D eigenvalue weighted by Crippen LogP contribution is -2.17. The van der Waals surface area contributed by atoms with E-state index in [1.807, 2.05) is 24.3 Å². The van der Waals surface area contributed by atoms with Crippen molar-refractivity contribution in [2.24, 2.45) is 17.8 Å². The highest BCUT2D eigenvalue weighted by atomic mass is 79.9. The topological polar surface area (TPSA) is 65.2 Å². The van der Waals surface area contributed by atoms with Crippen LogP contribution in [0.15, 0.2) is 33.2 Å². The Morgan fingerprint density at radius 2 is 2.12 bits per heavy atom. The summed E-state index contributed by atoms with van der Waals surface area (Å²) in [7, 11) is 0. The Morgan fingerprint density at radius 3 is 2.88 bits per heavy atom. The van der Waals surface area contributed by atoms with Crippen molar-refractivity contribution in [3.63, 3.8) is 0 Å². The van der Waals surface area contributed by atoms with E-state index in [0.29, 0.717) is 24.1 Å². The van der Waals surface area contributed by atoms with Crippen LogP contribution < -0.4 is 0 Å². The molecule has 24 heavy (non-hydrogen) atoms. The molecule has 3 atom stereocenters. The fraction of sp³-hybridized carbons (Fsp3) is 0.500. The highest BCUT2D eigenvalue weighted by Gasteiger charge is 2.40. The van der Waals surface area contributed by atoms with Gasteiger partial charge < -0.3 is 9.15 Å². The minimum Gasteiger partial charge on any atom is -0.456 e. The molecule has 2 aliphatic carbocycles. The standard InChI is InChI=1S/C18H19BrN2O3/c19-15-4-2-1-3-14(15)18-21-20-16(24-18)10-23-17(22)9-13-8-11-5-6-12(13)7-11/h1-4,11-13H,5-10H2/t11-,12-,13+/m1/s1. The molecule has 2 saturated carbocycles. The SMILES string of the molecule is O=C(C[C@@H]1C[C@@H]2CC[C@@H]1C2)OCc1nnc(-c2ccccc2Br)o1. The number of rotatable bonds is 5. The van der Waals surface area contributed by atoms with E-state index in [0.717, 1.165) is 21.9 Å². The van der Waals surface area contributed by atoms with Gasteiger partial charge in [0.2, 0.25) is 5.89 Å². The van der Waals surface area contributed by atoms with E-state index in [2.05, 4.69) is 26.1 Å². The van der Waals surface area contributed by atoms with Crippen molar-refractivity contribution < 1.29 is 13.9 Å². The van der Waals surface area contributed by atoms with Crippen LogP contribution in [0.3, 0.4) is 0 Å². The maximum Gasteiger partial charge on any atom is 0.306 e. The summed E-state index contributed by atoms with van der Waals surface area (Å²) in [5, 5.41) is 7.98. The zero-order chi connectivity index (χ0) is 16.5. The lowest BCUT2D eigenvalue weighted by Gasteiger charge is -2.20. The number of esters is 1. The molecule has 1 heterocycles. The van der Waals surface area contributed by atoms with Crippen molar-refractivity contribution in [3.8, 4) is 11.5 Å². The van der Waals surface area contributed by atoms with E-state index in [-0.39, 0.29) is 12.6 Å². The van der Waals surface area contributed by atoms with Gasteiger partial charge in [0.15, 0.2) is 6.61 Å². The maximum absolute atomic E-state index is 12.1.